The maximum Gasteiger partial charge on any atom is 0.342 e. The Bertz CT molecular complexity index is 851. The van der Waals surface area contributed by atoms with Crippen LogP contribution in [0.2, 0.25) is 0 Å². The maximum absolute atomic E-state index is 13.1. The molecule has 0 bridgehead atoms. The Balaban J connectivity index is 2.79. The molecule has 1 aromatic carbocycles. The highest BCUT2D eigenvalue weighted by Crippen LogP contribution is 2.16. The molecule has 0 spiro atoms. The van der Waals surface area contributed by atoms with E-state index in [0.717, 1.165) is 0 Å². The van der Waals surface area contributed by atoms with Crippen molar-refractivity contribution in [3.05, 3.63) is 62.7 Å². The predicted molar refractivity (Wildman–Crippen MR) is 65.0 cm³/mol. The summed E-state index contributed by atoms with van der Waals surface area (Å²) in [6.45, 7) is 1.54. The molecule has 0 radical (unpaired) electrons. The Hall–Kier alpha value is -2.22. The lowest BCUT2D eigenvalue weighted by atomic mass is 10.2. The van der Waals surface area contributed by atoms with E-state index in [1.165, 1.54) is 12.1 Å². The van der Waals surface area contributed by atoms with Gasteiger partial charge in [0.2, 0.25) is 5.82 Å². The fourth-order valence-corrected chi connectivity index (χ4v) is 3.00. The van der Waals surface area contributed by atoms with Gasteiger partial charge in [0.15, 0.2) is 0 Å². The Morgan fingerprint density at radius 2 is 1.84 bits per heavy atom. The first-order chi connectivity index (χ1) is 8.84. The number of halogens is 1. The molecule has 1 N–H and O–H groups in total. The molecule has 0 amide bonds. The summed E-state index contributed by atoms with van der Waals surface area (Å²) in [6.07, 6.45) is 0.364. The minimum atomic E-state index is -4.25. The average molecular weight is 284 g/mol. The van der Waals surface area contributed by atoms with Crippen molar-refractivity contribution < 1.29 is 12.8 Å². The van der Waals surface area contributed by atoms with Crippen LogP contribution in [0.3, 0.4) is 0 Å². The number of hydrogen-bond donors (Lipinski definition) is 1. The first kappa shape index (κ1) is 13.2. The van der Waals surface area contributed by atoms with Gasteiger partial charge in [-0.2, -0.15) is 8.36 Å². The molecule has 6 nitrogen and oxygen atoms in total. The van der Waals surface area contributed by atoms with Gasteiger partial charge in [-0.25, -0.2) is 13.2 Å². The molecule has 0 unspecified atom stereocenters. The topological polar surface area (TPSA) is 89.0 Å². The molecule has 1 heterocycles. The lowest BCUT2D eigenvalue weighted by Crippen LogP contribution is -2.35. The Morgan fingerprint density at radius 1 is 1.21 bits per heavy atom. The third-order valence-corrected chi connectivity index (χ3v) is 4.30. The van der Waals surface area contributed by atoms with E-state index in [1.54, 1.807) is 24.0 Å². The normalized spacial score (nSPS) is 11.5. The molecule has 1 aromatic heterocycles. The Morgan fingerprint density at radius 3 is 2.47 bits per heavy atom. The zero-order valence-electron chi connectivity index (χ0n) is 9.75. The van der Waals surface area contributed by atoms with E-state index in [0.29, 0.717) is 11.8 Å². The lowest BCUT2D eigenvalue weighted by molar-refractivity contribution is 0.564. The molecule has 0 aliphatic carbocycles. The van der Waals surface area contributed by atoms with Gasteiger partial charge < -0.3 is 0 Å². The molecule has 0 atom stereocenters. The third-order valence-electron chi connectivity index (χ3n) is 2.50. The Labute approximate surface area is 107 Å². The molecular weight excluding hydrogens is 275 g/mol. The summed E-state index contributed by atoms with van der Waals surface area (Å²) in [6, 6.07) is 5.94. The number of rotatable bonds is 2. The number of nitrogens with zero attached hydrogens (tertiary/aromatic N) is 1. The first-order valence-electron chi connectivity index (χ1n) is 5.17. The summed E-state index contributed by atoms with van der Waals surface area (Å²) in [5.74, 6) is -1.35. The number of aromatic nitrogens is 2. The minimum Gasteiger partial charge on any atom is -0.271 e. The molecule has 8 heteroatoms. The number of hydrogen-bond acceptors (Lipinski definition) is 4. The monoisotopic (exact) mass is 284 g/mol. The van der Waals surface area contributed by atoms with Gasteiger partial charge in [-0.1, -0.05) is 18.2 Å². The fraction of sp³-hybridized carbons (Fsp3) is 0.0909. The smallest absolute Gasteiger partial charge is 0.271 e. The van der Waals surface area contributed by atoms with Crippen molar-refractivity contribution in [2.45, 2.75) is 11.8 Å². The van der Waals surface area contributed by atoms with Crippen LogP contribution in [0.4, 0.5) is 4.39 Å². The highest BCUT2D eigenvalue weighted by atomic mass is 32.2. The quantitative estimate of drug-likeness (QED) is 0.854. The van der Waals surface area contributed by atoms with E-state index in [4.69, 9.17) is 0 Å². The van der Waals surface area contributed by atoms with E-state index >= 15 is 0 Å². The summed E-state index contributed by atoms with van der Waals surface area (Å²) < 4.78 is 37.7. The van der Waals surface area contributed by atoms with Crippen LogP contribution >= 0.6 is 0 Å². The van der Waals surface area contributed by atoms with Crippen molar-refractivity contribution in [3.63, 3.8) is 0 Å². The number of aromatic amines is 1. The van der Waals surface area contributed by atoms with E-state index in [-0.39, 0.29) is 8.87 Å². The predicted octanol–water partition coefficient (Wildman–Crippen LogP) is 0.221. The number of aryl methyl sites for hydroxylation is 1. The summed E-state index contributed by atoms with van der Waals surface area (Å²) in [5, 5.41) is 0. The highest BCUT2D eigenvalue weighted by Gasteiger charge is 2.21. The molecule has 2 aromatic rings. The highest BCUT2D eigenvalue weighted by molar-refractivity contribution is 7.90. The van der Waals surface area contributed by atoms with Crippen molar-refractivity contribution in [1.82, 2.24) is 8.96 Å². The molecule has 0 saturated heterocycles. The zero-order chi connectivity index (χ0) is 14.2. The van der Waals surface area contributed by atoms with Crippen molar-refractivity contribution in [1.29, 1.82) is 0 Å². The van der Waals surface area contributed by atoms with Crippen LogP contribution in [0.1, 0.15) is 5.56 Å². The van der Waals surface area contributed by atoms with Gasteiger partial charge in [-0.3, -0.25) is 9.78 Å². The maximum atomic E-state index is 13.1. The van der Waals surface area contributed by atoms with Crippen molar-refractivity contribution in [3.8, 4) is 0 Å². The van der Waals surface area contributed by atoms with E-state index in [2.05, 4.69) is 0 Å². The number of H-pyrrole nitrogens is 1. The van der Waals surface area contributed by atoms with E-state index in [9.17, 15) is 22.4 Å². The van der Waals surface area contributed by atoms with Crippen LogP contribution in [0.5, 0.6) is 0 Å². The second-order valence-corrected chi connectivity index (χ2v) is 5.59. The fourth-order valence-electron chi connectivity index (χ4n) is 1.56. The number of nitrogens with one attached hydrogen (secondary N) is 1. The second kappa shape index (κ2) is 4.47. The molecule has 100 valence electrons. The van der Waals surface area contributed by atoms with Gasteiger partial charge in [0.1, 0.15) is 0 Å². The number of benzene rings is 1. The standard InChI is InChI=1S/C11H9FN2O4S/c1-7-4-2-3-5-9(7)19(17,18)14-6-8(12)10(15)13-11(14)16/h2-6H,1H3,(H,13,15,16). The van der Waals surface area contributed by atoms with Crippen LogP contribution in [-0.2, 0) is 10.0 Å². The van der Waals surface area contributed by atoms with Crippen LogP contribution in [-0.4, -0.2) is 17.4 Å². The molecule has 0 aliphatic heterocycles. The molecule has 0 fully saturated rings. The minimum absolute atomic E-state index is 0.136. The van der Waals surface area contributed by atoms with Gasteiger partial charge in [0, 0.05) is 0 Å². The van der Waals surface area contributed by atoms with Crippen molar-refractivity contribution in [2.24, 2.45) is 0 Å². The summed E-state index contributed by atoms with van der Waals surface area (Å²) >= 11 is 0. The van der Waals surface area contributed by atoms with Gasteiger partial charge in [-0.15, -0.1) is 0 Å². The van der Waals surface area contributed by atoms with E-state index in [1.807, 2.05) is 0 Å². The Kier molecular flexibility index (Phi) is 3.11. The molecule has 2 rings (SSSR count). The lowest BCUT2D eigenvalue weighted by Gasteiger charge is -2.09. The summed E-state index contributed by atoms with van der Waals surface area (Å²) in [7, 11) is -4.25. The summed E-state index contributed by atoms with van der Waals surface area (Å²) in [4.78, 5) is 23.8. The van der Waals surface area contributed by atoms with Crippen LogP contribution in [0.15, 0.2) is 44.9 Å². The summed E-state index contributed by atoms with van der Waals surface area (Å²) in [5.41, 5.74) is -2.07. The largest absolute Gasteiger partial charge is 0.342 e. The molecular formula is C11H9FN2O4S. The SMILES string of the molecule is Cc1ccccc1S(=O)(=O)n1cc(F)c(=O)[nH]c1=O. The van der Waals surface area contributed by atoms with Gasteiger partial charge >= 0.3 is 5.69 Å². The molecule has 19 heavy (non-hydrogen) atoms. The van der Waals surface area contributed by atoms with Crippen LogP contribution < -0.4 is 11.2 Å². The van der Waals surface area contributed by atoms with Crippen molar-refractivity contribution >= 4 is 10.0 Å². The molecule has 0 aliphatic rings. The first-order valence-corrected chi connectivity index (χ1v) is 6.61. The molecule has 0 saturated carbocycles. The van der Waals surface area contributed by atoms with Gasteiger partial charge in [0.25, 0.3) is 15.6 Å². The van der Waals surface area contributed by atoms with Crippen LogP contribution in [0, 0.1) is 12.7 Å². The zero-order valence-corrected chi connectivity index (χ0v) is 10.6. The van der Waals surface area contributed by atoms with Crippen LogP contribution in [0.25, 0.3) is 0 Å². The van der Waals surface area contributed by atoms with Gasteiger partial charge in [-0.05, 0) is 18.6 Å². The van der Waals surface area contributed by atoms with Gasteiger partial charge in [0.05, 0.1) is 11.1 Å². The third kappa shape index (κ3) is 2.22. The van der Waals surface area contributed by atoms with E-state index < -0.39 is 27.1 Å². The van der Waals surface area contributed by atoms with Crippen molar-refractivity contribution in [2.75, 3.05) is 0 Å². The average Bonchev–Trinajstić information content (AvgIpc) is 2.34. The second-order valence-electron chi connectivity index (χ2n) is 3.80.